The number of halogens is 1. The third kappa shape index (κ3) is 5.37. The normalized spacial score (nSPS) is 15.5. The standard InChI is InChI=1S/C19H25ClN2O3S/c1-13-7-14(9-16(20)8-13)12-22-6-5-15-10-18(25-3)19(26(4,21)23)11-17(15)24-2/h7-11,21-22H,5-6,12H2,1-4H3/i4D3. The number of hydrogen-bond acceptors (Lipinski definition) is 5. The molecule has 5 nitrogen and oxygen atoms in total. The van der Waals surface area contributed by atoms with Crippen LogP contribution in [0.4, 0.5) is 0 Å². The molecule has 2 aromatic carbocycles. The number of methoxy groups -OCH3 is 2. The van der Waals surface area contributed by atoms with E-state index in [4.69, 9.17) is 30.0 Å². The van der Waals surface area contributed by atoms with E-state index in [2.05, 4.69) is 11.4 Å². The molecule has 2 aromatic rings. The Morgan fingerprint density at radius 3 is 2.54 bits per heavy atom. The molecule has 0 aliphatic carbocycles. The van der Waals surface area contributed by atoms with Gasteiger partial charge >= 0.3 is 0 Å². The summed E-state index contributed by atoms with van der Waals surface area (Å²) < 4.78 is 53.4. The highest BCUT2D eigenvalue weighted by Gasteiger charge is 2.16. The summed E-state index contributed by atoms with van der Waals surface area (Å²) in [5, 5.41) is 4.02. The molecule has 2 N–H and O–H groups in total. The summed E-state index contributed by atoms with van der Waals surface area (Å²) in [7, 11) is -1.28. The second-order valence-corrected chi connectivity index (χ2v) is 7.92. The predicted octanol–water partition coefficient (Wildman–Crippen LogP) is 4.03. The van der Waals surface area contributed by atoms with Crippen LogP contribution in [0.2, 0.25) is 5.02 Å². The van der Waals surface area contributed by atoms with E-state index in [-0.39, 0.29) is 10.6 Å². The Kier molecular flexibility index (Phi) is 5.53. The lowest BCUT2D eigenvalue weighted by molar-refractivity contribution is 0.389. The van der Waals surface area contributed by atoms with E-state index in [9.17, 15) is 4.21 Å². The molecular weight excluding hydrogens is 372 g/mol. The lowest BCUT2D eigenvalue weighted by Crippen LogP contribution is -2.17. The summed E-state index contributed by atoms with van der Waals surface area (Å²) in [6.07, 6.45) is -2.41. The largest absolute Gasteiger partial charge is 0.496 e. The van der Waals surface area contributed by atoms with Crippen molar-refractivity contribution in [2.75, 3.05) is 26.9 Å². The molecule has 0 radical (unpaired) electrons. The minimum atomic E-state index is -4.07. The van der Waals surface area contributed by atoms with E-state index in [1.165, 1.54) is 20.3 Å². The topological polar surface area (TPSA) is 71.4 Å². The van der Waals surface area contributed by atoms with Crippen LogP contribution in [0.25, 0.3) is 0 Å². The lowest BCUT2D eigenvalue weighted by Gasteiger charge is -2.15. The monoisotopic (exact) mass is 399 g/mol. The molecule has 0 bridgehead atoms. The number of nitrogens with one attached hydrogen (secondary N) is 2. The van der Waals surface area contributed by atoms with Gasteiger partial charge in [0.25, 0.3) is 0 Å². The molecule has 7 heteroatoms. The molecule has 0 aliphatic heterocycles. The highest BCUT2D eigenvalue weighted by atomic mass is 35.5. The van der Waals surface area contributed by atoms with Crippen LogP contribution in [0.3, 0.4) is 0 Å². The summed E-state index contributed by atoms with van der Waals surface area (Å²) in [4.78, 5) is -0.192. The van der Waals surface area contributed by atoms with Gasteiger partial charge in [0, 0.05) is 27.9 Å². The summed E-state index contributed by atoms with van der Waals surface area (Å²) in [6.45, 7) is 3.23. The second kappa shape index (κ2) is 8.75. The van der Waals surface area contributed by atoms with Crippen molar-refractivity contribution >= 4 is 21.3 Å². The zero-order valence-corrected chi connectivity index (χ0v) is 16.6. The van der Waals surface area contributed by atoms with E-state index >= 15 is 0 Å². The van der Waals surface area contributed by atoms with Crippen molar-refractivity contribution in [2.45, 2.75) is 24.8 Å². The van der Waals surface area contributed by atoms with Gasteiger partial charge in [-0.05, 0) is 54.8 Å². The van der Waals surface area contributed by atoms with E-state index in [1.807, 2.05) is 19.1 Å². The Balaban J connectivity index is 2.19. The zero-order chi connectivity index (χ0) is 21.8. The van der Waals surface area contributed by atoms with E-state index in [0.717, 1.165) is 16.7 Å². The van der Waals surface area contributed by atoms with Crippen LogP contribution in [0.1, 0.15) is 20.8 Å². The number of hydrogen-bond donors (Lipinski definition) is 2. The van der Waals surface area contributed by atoms with Crippen molar-refractivity contribution in [2.24, 2.45) is 0 Å². The zero-order valence-electron chi connectivity index (χ0n) is 18.0. The third-order valence-electron chi connectivity index (χ3n) is 3.88. The number of benzene rings is 2. The van der Waals surface area contributed by atoms with Gasteiger partial charge in [-0.15, -0.1) is 0 Å². The molecule has 1 atom stereocenters. The molecule has 0 amide bonds. The van der Waals surface area contributed by atoms with Gasteiger partial charge < -0.3 is 14.8 Å². The first-order valence-electron chi connectivity index (χ1n) is 9.49. The third-order valence-corrected chi connectivity index (χ3v) is 5.04. The maximum atomic E-state index is 12.6. The van der Waals surface area contributed by atoms with Gasteiger partial charge in [-0.2, -0.15) is 0 Å². The number of rotatable bonds is 8. The average molecular weight is 400 g/mol. The molecule has 0 saturated carbocycles. The molecule has 0 spiro atoms. The molecule has 0 fully saturated rings. The Bertz CT molecular complexity index is 959. The summed E-state index contributed by atoms with van der Waals surface area (Å²) in [6, 6.07) is 8.76. The van der Waals surface area contributed by atoms with Crippen LogP contribution in [0.5, 0.6) is 11.5 Å². The summed E-state index contributed by atoms with van der Waals surface area (Å²) in [5.74, 6) is 0.466. The second-order valence-electron chi connectivity index (χ2n) is 5.93. The molecule has 2 rings (SSSR count). The smallest absolute Gasteiger partial charge is 0.136 e. The van der Waals surface area contributed by atoms with Gasteiger partial charge in [0.15, 0.2) is 0 Å². The average Bonchev–Trinajstić information content (AvgIpc) is 2.62. The fraction of sp³-hybridized carbons (Fsp3) is 0.368. The van der Waals surface area contributed by atoms with Gasteiger partial charge in [0.2, 0.25) is 0 Å². The quantitative estimate of drug-likeness (QED) is 0.657. The Hall–Kier alpha value is -1.76. The van der Waals surface area contributed by atoms with Crippen molar-refractivity contribution in [3.63, 3.8) is 0 Å². The van der Waals surface area contributed by atoms with Crippen LogP contribution in [-0.2, 0) is 22.7 Å². The van der Waals surface area contributed by atoms with Crippen molar-refractivity contribution in [1.82, 2.24) is 5.32 Å². The fourth-order valence-electron chi connectivity index (χ4n) is 2.72. The molecule has 0 saturated heterocycles. The first kappa shape index (κ1) is 16.4. The molecular formula is C19H25ClN2O3S. The van der Waals surface area contributed by atoms with Crippen molar-refractivity contribution in [3.8, 4) is 11.5 Å². The van der Waals surface area contributed by atoms with E-state index in [1.54, 1.807) is 6.07 Å². The Morgan fingerprint density at radius 2 is 1.92 bits per heavy atom. The first-order valence-corrected chi connectivity index (χ1v) is 9.93. The van der Waals surface area contributed by atoms with Crippen molar-refractivity contribution in [1.29, 1.82) is 4.78 Å². The molecule has 0 aromatic heterocycles. The van der Waals surface area contributed by atoms with Crippen LogP contribution < -0.4 is 14.8 Å². The highest BCUT2D eigenvalue weighted by molar-refractivity contribution is 7.91. The highest BCUT2D eigenvalue weighted by Crippen LogP contribution is 2.32. The maximum absolute atomic E-state index is 12.6. The number of ether oxygens (including phenoxy) is 2. The molecule has 0 aliphatic rings. The summed E-state index contributed by atoms with van der Waals surface area (Å²) in [5.41, 5.74) is 2.91. The summed E-state index contributed by atoms with van der Waals surface area (Å²) >= 11 is 6.08. The van der Waals surface area contributed by atoms with Crippen LogP contribution in [-0.4, -0.2) is 31.2 Å². The fourth-order valence-corrected chi connectivity index (χ4v) is 3.73. The van der Waals surface area contributed by atoms with Crippen LogP contribution in [0, 0.1) is 11.7 Å². The van der Waals surface area contributed by atoms with Gasteiger partial charge in [-0.3, -0.25) is 0 Å². The molecule has 26 heavy (non-hydrogen) atoms. The van der Waals surface area contributed by atoms with Crippen LogP contribution >= 0.6 is 11.6 Å². The van der Waals surface area contributed by atoms with Crippen molar-refractivity contribution < 1.29 is 17.8 Å². The molecule has 1 unspecified atom stereocenters. The SMILES string of the molecule is [2H]C([2H])([2H])S(=N)(=O)c1cc(OC)c(CCNCc2cc(C)cc(Cl)c2)cc1OC. The lowest BCUT2D eigenvalue weighted by atomic mass is 10.1. The van der Waals surface area contributed by atoms with Gasteiger partial charge in [0.05, 0.1) is 28.8 Å². The molecule has 142 valence electrons. The minimum Gasteiger partial charge on any atom is -0.496 e. The molecule has 0 heterocycles. The Labute approximate surface area is 164 Å². The van der Waals surface area contributed by atoms with Gasteiger partial charge in [-0.1, -0.05) is 17.7 Å². The van der Waals surface area contributed by atoms with Gasteiger partial charge in [0.1, 0.15) is 11.5 Å². The maximum Gasteiger partial charge on any atom is 0.136 e. The first-order chi connectivity index (χ1) is 13.5. The van der Waals surface area contributed by atoms with Crippen molar-refractivity contribution in [3.05, 3.63) is 52.0 Å². The Morgan fingerprint density at radius 1 is 1.19 bits per heavy atom. The number of aryl methyl sites for hydroxylation is 1. The van der Waals surface area contributed by atoms with E-state index in [0.29, 0.717) is 30.3 Å². The minimum absolute atomic E-state index is 0.0994. The van der Waals surface area contributed by atoms with Crippen LogP contribution in [0.15, 0.2) is 35.2 Å². The van der Waals surface area contributed by atoms with Gasteiger partial charge in [-0.25, -0.2) is 8.99 Å². The predicted molar refractivity (Wildman–Crippen MR) is 106 cm³/mol. The van der Waals surface area contributed by atoms with E-state index < -0.39 is 15.9 Å².